The molecule has 2 amide bonds. The summed E-state index contributed by atoms with van der Waals surface area (Å²) in [6, 6.07) is 19.8. The van der Waals surface area contributed by atoms with Crippen LogP contribution in [0.1, 0.15) is 27.4 Å². The molecule has 1 aliphatic carbocycles. The summed E-state index contributed by atoms with van der Waals surface area (Å²) in [5.41, 5.74) is 0.128. The van der Waals surface area contributed by atoms with Gasteiger partial charge in [0.25, 0.3) is 5.91 Å². The number of carbonyl (C=O) groups is 2. The molecule has 1 aromatic heterocycles. The van der Waals surface area contributed by atoms with Crippen LogP contribution in [0.15, 0.2) is 99.7 Å². The number of hydrogen-bond acceptors (Lipinski definition) is 7. The monoisotopic (exact) mass is 570 g/mol. The molecule has 2 heterocycles. The van der Waals surface area contributed by atoms with Crippen molar-refractivity contribution in [2.75, 3.05) is 13.2 Å². The Bertz CT molecular complexity index is 1770. The molecule has 0 saturated carbocycles. The lowest BCUT2D eigenvalue weighted by molar-refractivity contribution is -0.118. The quantitative estimate of drug-likeness (QED) is 0.292. The zero-order valence-electron chi connectivity index (χ0n) is 22.3. The lowest BCUT2D eigenvalue weighted by Gasteiger charge is -2.40. The van der Waals surface area contributed by atoms with Gasteiger partial charge < -0.3 is 29.6 Å². The first-order chi connectivity index (χ1) is 20.4. The van der Waals surface area contributed by atoms with Crippen LogP contribution in [0.25, 0.3) is 11.0 Å². The maximum atomic E-state index is 14.9. The molecule has 9 nitrogen and oxygen atoms in total. The second kappa shape index (κ2) is 11.2. The van der Waals surface area contributed by atoms with Crippen molar-refractivity contribution in [1.82, 2.24) is 10.2 Å². The van der Waals surface area contributed by atoms with E-state index in [1.165, 1.54) is 30.3 Å². The summed E-state index contributed by atoms with van der Waals surface area (Å²) in [6.45, 7) is -0.632. The number of rotatable bonds is 7. The molecule has 0 bridgehead atoms. The fraction of sp³-hybridized carbons (Fsp3) is 0.219. The number of hydrogen-bond donors (Lipinski definition) is 3. The summed E-state index contributed by atoms with van der Waals surface area (Å²) in [7, 11) is 0. The molecule has 10 heteroatoms. The molecule has 0 saturated heterocycles. The molecular weight excluding hydrogens is 543 g/mol. The number of fused-ring (bicyclic) bond motifs is 4. The number of ether oxygens (including phenoxy) is 1. The third kappa shape index (κ3) is 4.84. The van der Waals surface area contributed by atoms with Crippen LogP contribution in [-0.4, -0.2) is 58.3 Å². The summed E-state index contributed by atoms with van der Waals surface area (Å²) in [6.07, 6.45) is -0.859. The molecular formula is C32H27FN2O7. The van der Waals surface area contributed by atoms with Gasteiger partial charge in [0, 0.05) is 35.2 Å². The van der Waals surface area contributed by atoms with Gasteiger partial charge in [-0.05, 0) is 30.3 Å². The third-order valence-electron chi connectivity index (χ3n) is 7.67. The van der Waals surface area contributed by atoms with Gasteiger partial charge in [-0.1, -0.05) is 54.6 Å². The predicted octanol–water partition coefficient (Wildman–Crippen LogP) is 2.90. The van der Waals surface area contributed by atoms with E-state index >= 15 is 0 Å². The van der Waals surface area contributed by atoms with Crippen molar-refractivity contribution in [1.29, 1.82) is 0 Å². The molecule has 4 aromatic rings. The van der Waals surface area contributed by atoms with Gasteiger partial charge in [-0.15, -0.1) is 0 Å². The number of halogens is 1. The van der Waals surface area contributed by atoms with Crippen LogP contribution < -0.4 is 15.7 Å². The Kier molecular flexibility index (Phi) is 7.32. The normalized spacial score (nSPS) is 20.7. The highest BCUT2D eigenvalue weighted by molar-refractivity contribution is 5.98. The molecule has 3 N–H and O–H groups in total. The van der Waals surface area contributed by atoms with Gasteiger partial charge >= 0.3 is 5.63 Å². The summed E-state index contributed by atoms with van der Waals surface area (Å²) in [5, 5.41) is 24.2. The van der Waals surface area contributed by atoms with Gasteiger partial charge in [0.1, 0.15) is 34.9 Å². The number of aliphatic hydroxyl groups is 2. The standard InChI is InChI=1S/C32H27FN2O7/c33-23-10-4-1-8-19(23)17-35(31(39)22-15-18-7-2-5-11-25(18)42-32(22)40)24-16-21(30(38)34-13-14-36)27-20-9-3-6-12-26(20)41-29(27)28(24)37/h1-12,15-16,24,27-29,36-37H,13-14,17H2,(H,34,38). The minimum atomic E-state index is -1.36. The Morgan fingerprint density at radius 2 is 1.74 bits per heavy atom. The second-order valence-corrected chi connectivity index (χ2v) is 10.2. The summed E-state index contributed by atoms with van der Waals surface area (Å²) in [5.74, 6) is -2.10. The fourth-order valence-corrected chi connectivity index (χ4v) is 5.68. The van der Waals surface area contributed by atoms with Crippen molar-refractivity contribution >= 4 is 22.8 Å². The molecule has 1 aliphatic heterocycles. The summed E-state index contributed by atoms with van der Waals surface area (Å²) < 4.78 is 26.4. The van der Waals surface area contributed by atoms with E-state index in [1.807, 2.05) is 0 Å². The van der Waals surface area contributed by atoms with E-state index in [0.717, 1.165) is 4.90 Å². The Morgan fingerprint density at radius 3 is 2.55 bits per heavy atom. The van der Waals surface area contributed by atoms with Crippen molar-refractivity contribution < 1.29 is 33.3 Å². The Morgan fingerprint density at radius 1 is 1.00 bits per heavy atom. The molecule has 6 rings (SSSR count). The van der Waals surface area contributed by atoms with E-state index in [2.05, 4.69) is 5.32 Å². The van der Waals surface area contributed by atoms with Crippen LogP contribution in [0.3, 0.4) is 0 Å². The van der Waals surface area contributed by atoms with Gasteiger partial charge in [-0.2, -0.15) is 0 Å². The smallest absolute Gasteiger partial charge is 0.349 e. The first kappa shape index (κ1) is 27.4. The van der Waals surface area contributed by atoms with Crippen molar-refractivity contribution in [3.8, 4) is 5.75 Å². The lowest BCUT2D eigenvalue weighted by atomic mass is 9.77. The molecule has 214 valence electrons. The number of carbonyl (C=O) groups excluding carboxylic acids is 2. The van der Waals surface area contributed by atoms with Crippen molar-refractivity contribution in [3.05, 3.63) is 123 Å². The predicted molar refractivity (Wildman–Crippen MR) is 150 cm³/mol. The van der Waals surface area contributed by atoms with Crippen LogP contribution in [0.2, 0.25) is 0 Å². The maximum absolute atomic E-state index is 14.9. The molecule has 4 unspecified atom stereocenters. The van der Waals surface area contributed by atoms with Gasteiger partial charge in [-0.3, -0.25) is 9.59 Å². The molecule has 0 spiro atoms. The first-order valence-electron chi connectivity index (χ1n) is 13.5. The highest BCUT2D eigenvalue weighted by Gasteiger charge is 2.50. The molecule has 42 heavy (non-hydrogen) atoms. The van der Waals surface area contributed by atoms with Crippen LogP contribution in [-0.2, 0) is 11.3 Å². The number of aliphatic hydroxyl groups excluding tert-OH is 2. The molecule has 3 aromatic carbocycles. The van der Waals surface area contributed by atoms with Crippen LogP contribution in [0.5, 0.6) is 5.75 Å². The minimum absolute atomic E-state index is 0.0146. The Balaban J connectivity index is 1.48. The summed E-state index contributed by atoms with van der Waals surface area (Å²) >= 11 is 0. The SMILES string of the molecule is O=C(NCCO)C1=CC(N(Cc2ccccc2F)C(=O)c2cc3ccccc3oc2=O)C(O)C2Oc3ccccc3C12. The van der Waals surface area contributed by atoms with Crippen molar-refractivity contribution in [2.24, 2.45) is 0 Å². The van der Waals surface area contributed by atoms with E-state index in [9.17, 15) is 29.0 Å². The average molecular weight is 571 g/mol. The summed E-state index contributed by atoms with van der Waals surface area (Å²) in [4.78, 5) is 41.7. The molecule has 2 aliphatic rings. The fourth-order valence-electron chi connectivity index (χ4n) is 5.68. The topological polar surface area (TPSA) is 129 Å². The molecule has 4 atom stereocenters. The zero-order chi connectivity index (χ0) is 29.4. The third-order valence-corrected chi connectivity index (χ3v) is 7.67. The van der Waals surface area contributed by atoms with Crippen molar-refractivity contribution in [3.63, 3.8) is 0 Å². The van der Waals surface area contributed by atoms with E-state index in [4.69, 9.17) is 9.15 Å². The highest BCUT2D eigenvalue weighted by atomic mass is 19.1. The minimum Gasteiger partial charge on any atom is -0.486 e. The maximum Gasteiger partial charge on any atom is 0.349 e. The number of amides is 2. The van der Waals surface area contributed by atoms with Gasteiger partial charge in [-0.25, -0.2) is 9.18 Å². The van der Waals surface area contributed by atoms with Crippen LogP contribution in [0, 0.1) is 5.82 Å². The van der Waals surface area contributed by atoms with Gasteiger partial charge in [0.05, 0.1) is 18.6 Å². The number of nitrogens with one attached hydrogen (secondary N) is 1. The van der Waals surface area contributed by atoms with Crippen molar-refractivity contribution in [2.45, 2.75) is 30.7 Å². The van der Waals surface area contributed by atoms with E-state index in [-0.39, 0.29) is 36.4 Å². The van der Waals surface area contributed by atoms with Crippen LogP contribution >= 0.6 is 0 Å². The Labute approximate surface area is 239 Å². The zero-order valence-corrected chi connectivity index (χ0v) is 22.3. The largest absolute Gasteiger partial charge is 0.486 e. The highest BCUT2D eigenvalue weighted by Crippen LogP contribution is 2.47. The number of benzene rings is 3. The first-order valence-corrected chi connectivity index (χ1v) is 13.5. The van der Waals surface area contributed by atoms with Gasteiger partial charge in [0.2, 0.25) is 5.91 Å². The van der Waals surface area contributed by atoms with Crippen LogP contribution in [0.4, 0.5) is 4.39 Å². The lowest BCUT2D eigenvalue weighted by Crippen LogP contribution is -2.56. The molecule has 0 radical (unpaired) electrons. The Hall–Kier alpha value is -4.80. The number of para-hydroxylation sites is 2. The van der Waals surface area contributed by atoms with E-state index in [0.29, 0.717) is 22.3 Å². The van der Waals surface area contributed by atoms with E-state index in [1.54, 1.807) is 54.6 Å². The van der Waals surface area contributed by atoms with E-state index < -0.39 is 47.4 Å². The average Bonchev–Trinajstić information content (AvgIpc) is 3.39. The number of nitrogens with zero attached hydrogens (tertiary/aromatic N) is 1. The second-order valence-electron chi connectivity index (χ2n) is 10.2. The molecule has 0 fully saturated rings. The van der Waals surface area contributed by atoms with Gasteiger partial charge in [0.15, 0.2) is 0 Å².